The summed E-state index contributed by atoms with van der Waals surface area (Å²) >= 11 is 7.10. The molecular weight excluding hydrogens is 329 g/mol. The minimum Gasteiger partial charge on any atom is -0.482 e. The highest BCUT2D eigenvalue weighted by Gasteiger charge is 2.22. The van der Waals surface area contributed by atoms with Gasteiger partial charge in [0.25, 0.3) is 0 Å². The van der Waals surface area contributed by atoms with Crippen LogP contribution in [0.1, 0.15) is 23.1 Å². The normalized spacial score (nSPS) is 13.4. The number of thiazole rings is 1. The van der Waals surface area contributed by atoms with Crippen molar-refractivity contribution in [2.45, 2.75) is 18.6 Å². The smallest absolute Gasteiger partial charge is 0.152 e. The SMILES string of the molecule is N#Cc1cc(F)c(Cl)cc1O[C@H](C[C@H](N)CO)c1nccs1. The Labute approximate surface area is 135 Å². The molecule has 0 bridgehead atoms. The summed E-state index contributed by atoms with van der Waals surface area (Å²) in [5.41, 5.74) is 5.78. The van der Waals surface area contributed by atoms with Crippen LogP contribution >= 0.6 is 22.9 Å². The summed E-state index contributed by atoms with van der Waals surface area (Å²) in [7, 11) is 0. The van der Waals surface area contributed by atoms with E-state index in [1.807, 2.05) is 6.07 Å². The van der Waals surface area contributed by atoms with Gasteiger partial charge < -0.3 is 15.6 Å². The number of aromatic nitrogens is 1. The number of hydrogen-bond donors (Lipinski definition) is 2. The first-order valence-electron chi connectivity index (χ1n) is 6.36. The number of hydrogen-bond acceptors (Lipinski definition) is 6. The summed E-state index contributed by atoms with van der Waals surface area (Å²) in [6, 6.07) is 3.62. The number of aliphatic hydroxyl groups excluding tert-OH is 1. The minimum atomic E-state index is -0.691. The molecule has 0 radical (unpaired) electrons. The molecule has 1 aromatic heterocycles. The second kappa shape index (κ2) is 7.51. The molecule has 0 saturated heterocycles. The Balaban J connectivity index is 2.31. The number of nitrogens with zero attached hydrogens (tertiary/aromatic N) is 2. The maximum absolute atomic E-state index is 13.4. The van der Waals surface area contributed by atoms with Crippen LogP contribution in [-0.4, -0.2) is 22.7 Å². The standard InChI is InChI=1S/C14H13ClFN3O2S/c15-10-5-12(8(6-17)3-11(10)16)21-13(4-9(18)7-20)14-19-1-2-22-14/h1-3,5,9,13,20H,4,7,18H2/t9-,13+/m0/s1. The molecule has 2 aromatic rings. The predicted molar refractivity (Wildman–Crippen MR) is 81.3 cm³/mol. The first kappa shape index (κ1) is 16.6. The fourth-order valence-corrected chi connectivity index (χ4v) is 2.64. The van der Waals surface area contributed by atoms with Gasteiger partial charge in [-0.15, -0.1) is 11.3 Å². The maximum atomic E-state index is 13.4. The van der Waals surface area contributed by atoms with E-state index in [4.69, 9.17) is 32.4 Å². The Morgan fingerprint density at radius 2 is 2.32 bits per heavy atom. The Hall–Kier alpha value is -1.72. The number of rotatable bonds is 6. The van der Waals surface area contributed by atoms with Gasteiger partial charge in [0.2, 0.25) is 0 Å². The molecule has 1 aromatic carbocycles. The van der Waals surface area contributed by atoms with Gasteiger partial charge >= 0.3 is 0 Å². The van der Waals surface area contributed by atoms with E-state index in [0.29, 0.717) is 11.4 Å². The van der Waals surface area contributed by atoms with Gasteiger partial charge in [-0.05, 0) is 6.07 Å². The highest BCUT2D eigenvalue weighted by Crippen LogP contribution is 2.32. The van der Waals surface area contributed by atoms with E-state index in [0.717, 1.165) is 6.07 Å². The van der Waals surface area contributed by atoms with Crippen molar-refractivity contribution < 1.29 is 14.2 Å². The lowest BCUT2D eigenvalue weighted by Crippen LogP contribution is -2.28. The average molecular weight is 342 g/mol. The zero-order chi connectivity index (χ0) is 16.1. The van der Waals surface area contributed by atoms with Gasteiger partial charge in [0.15, 0.2) is 6.10 Å². The van der Waals surface area contributed by atoms with Crippen LogP contribution in [0.4, 0.5) is 4.39 Å². The van der Waals surface area contributed by atoms with Gasteiger partial charge in [-0.2, -0.15) is 5.26 Å². The predicted octanol–water partition coefficient (Wildman–Crippen LogP) is 2.64. The van der Waals surface area contributed by atoms with Crippen molar-refractivity contribution in [3.63, 3.8) is 0 Å². The quantitative estimate of drug-likeness (QED) is 0.842. The number of halogens is 2. The monoisotopic (exact) mass is 341 g/mol. The zero-order valence-corrected chi connectivity index (χ0v) is 12.9. The average Bonchev–Trinajstić information content (AvgIpc) is 3.04. The molecule has 0 saturated carbocycles. The van der Waals surface area contributed by atoms with Crippen molar-refractivity contribution in [1.82, 2.24) is 4.98 Å². The van der Waals surface area contributed by atoms with E-state index in [2.05, 4.69) is 4.98 Å². The number of nitrogens with two attached hydrogens (primary N) is 1. The Kier molecular flexibility index (Phi) is 5.69. The van der Waals surface area contributed by atoms with E-state index in [9.17, 15) is 4.39 Å². The zero-order valence-electron chi connectivity index (χ0n) is 11.4. The van der Waals surface area contributed by atoms with Crippen LogP contribution in [-0.2, 0) is 0 Å². The van der Waals surface area contributed by atoms with E-state index < -0.39 is 18.0 Å². The van der Waals surface area contributed by atoms with Crippen molar-refractivity contribution in [1.29, 1.82) is 5.26 Å². The summed E-state index contributed by atoms with van der Waals surface area (Å²) in [6.45, 7) is -0.208. The van der Waals surface area contributed by atoms with Crippen LogP contribution < -0.4 is 10.5 Å². The molecular formula is C14H13ClFN3O2S. The minimum absolute atomic E-state index is 0.0287. The van der Waals surface area contributed by atoms with Crippen LogP contribution in [0.25, 0.3) is 0 Å². The number of benzene rings is 1. The van der Waals surface area contributed by atoms with E-state index in [1.54, 1.807) is 11.6 Å². The third kappa shape index (κ3) is 3.93. The summed E-state index contributed by atoms with van der Waals surface area (Å²) in [6.07, 6.45) is 1.35. The molecule has 1 heterocycles. The van der Waals surface area contributed by atoms with Gasteiger partial charge in [-0.25, -0.2) is 9.37 Å². The molecule has 22 heavy (non-hydrogen) atoms. The van der Waals surface area contributed by atoms with Gasteiger partial charge in [0.05, 0.1) is 17.2 Å². The second-order valence-corrected chi connectivity index (χ2v) is 5.86. The molecule has 0 amide bonds. The van der Waals surface area contributed by atoms with E-state index in [-0.39, 0.29) is 22.9 Å². The molecule has 0 aliphatic rings. The second-order valence-electron chi connectivity index (χ2n) is 4.53. The molecule has 116 valence electrons. The lowest BCUT2D eigenvalue weighted by Gasteiger charge is -2.20. The largest absolute Gasteiger partial charge is 0.482 e. The topological polar surface area (TPSA) is 92.2 Å². The molecule has 0 unspecified atom stereocenters. The first-order chi connectivity index (χ1) is 10.5. The fraction of sp³-hybridized carbons (Fsp3) is 0.286. The highest BCUT2D eigenvalue weighted by atomic mass is 35.5. The fourth-order valence-electron chi connectivity index (χ4n) is 1.81. The molecule has 0 aliphatic carbocycles. The number of aliphatic hydroxyl groups is 1. The van der Waals surface area contributed by atoms with Crippen LogP contribution in [0.15, 0.2) is 23.7 Å². The summed E-state index contributed by atoms with van der Waals surface area (Å²) < 4.78 is 19.2. The van der Waals surface area contributed by atoms with Crippen LogP contribution in [0.5, 0.6) is 5.75 Å². The molecule has 2 atom stereocenters. The Morgan fingerprint density at radius 1 is 1.55 bits per heavy atom. The van der Waals surface area contributed by atoms with E-state index >= 15 is 0 Å². The third-order valence-corrected chi connectivity index (χ3v) is 4.05. The van der Waals surface area contributed by atoms with Crippen LogP contribution in [0, 0.1) is 17.1 Å². The van der Waals surface area contributed by atoms with Crippen molar-refractivity contribution in [3.05, 3.63) is 45.1 Å². The van der Waals surface area contributed by atoms with Crippen molar-refractivity contribution in [2.24, 2.45) is 5.73 Å². The lowest BCUT2D eigenvalue weighted by molar-refractivity contribution is 0.161. The lowest BCUT2D eigenvalue weighted by atomic mass is 10.1. The van der Waals surface area contributed by atoms with Crippen LogP contribution in [0.3, 0.4) is 0 Å². The first-order valence-corrected chi connectivity index (χ1v) is 7.62. The van der Waals surface area contributed by atoms with Gasteiger partial charge in [0.1, 0.15) is 22.6 Å². The van der Waals surface area contributed by atoms with Crippen molar-refractivity contribution in [2.75, 3.05) is 6.61 Å². The molecule has 0 aliphatic heterocycles. The van der Waals surface area contributed by atoms with Crippen molar-refractivity contribution in [3.8, 4) is 11.8 Å². The van der Waals surface area contributed by atoms with Gasteiger partial charge in [-0.3, -0.25) is 0 Å². The molecule has 0 spiro atoms. The summed E-state index contributed by atoms with van der Waals surface area (Å²) in [5.74, 6) is -0.539. The molecule has 2 rings (SSSR count). The molecule has 3 N–H and O–H groups in total. The summed E-state index contributed by atoms with van der Waals surface area (Å²) in [5, 5.41) is 20.5. The Morgan fingerprint density at radius 3 is 2.91 bits per heavy atom. The molecule has 5 nitrogen and oxygen atoms in total. The number of ether oxygens (including phenoxy) is 1. The molecule has 8 heteroatoms. The van der Waals surface area contributed by atoms with Crippen LogP contribution in [0.2, 0.25) is 5.02 Å². The summed E-state index contributed by atoms with van der Waals surface area (Å²) in [4.78, 5) is 4.16. The molecule has 0 fully saturated rings. The Bertz CT molecular complexity index is 675. The highest BCUT2D eigenvalue weighted by molar-refractivity contribution is 7.09. The van der Waals surface area contributed by atoms with E-state index in [1.165, 1.54) is 17.4 Å². The maximum Gasteiger partial charge on any atom is 0.152 e. The van der Waals surface area contributed by atoms with Gasteiger partial charge in [0, 0.05) is 30.1 Å². The number of nitriles is 1. The van der Waals surface area contributed by atoms with Crippen molar-refractivity contribution >= 4 is 22.9 Å². The third-order valence-electron chi connectivity index (χ3n) is 2.89. The van der Waals surface area contributed by atoms with Gasteiger partial charge in [-0.1, -0.05) is 11.6 Å².